The maximum absolute atomic E-state index is 14.3. The van der Waals surface area contributed by atoms with E-state index in [0.717, 1.165) is 42.7 Å². The van der Waals surface area contributed by atoms with Crippen LogP contribution >= 0.6 is 18.9 Å². The molecule has 3 fully saturated rings. The summed E-state index contributed by atoms with van der Waals surface area (Å²) in [6.45, 7) is 9.55. The monoisotopic (exact) mass is 696 g/mol. The molecule has 0 unspecified atom stereocenters. The molecule has 2 aromatic rings. The third-order valence-electron chi connectivity index (χ3n) is 9.59. The summed E-state index contributed by atoms with van der Waals surface area (Å²) in [5.74, 6) is -0.779. The maximum Gasteiger partial charge on any atom is 0.399 e. The van der Waals surface area contributed by atoms with Crippen molar-refractivity contribution in [2.45, 2.75) is 90.0 Å². The Labute approximate surface area is 276 Å². The molecule has 1 aromatic carbocycles. The molecule has 5 rings (SSSR count). The van der Waals surface area contributed by atoms with Crippen LogP contribution in [-0.2, 0) is 24.6 Å². The number of likely N-dealkylation sites (tertiary alicyclic amines) is 3. The predicted octanol–water partition coefficient (Wildman–Crippen LogP) is 4.51. The zero-order chi connectivity index (χ0) is 34.5. The lowest BCUT2D eigenvalue weighted by atomic mass is 9.85. The van der Waals surface area contributed by atoms with Crippen LogP contribution in [0.25, 0.3) is 10.1 Å². The molecule has 4 heterocycles. The lowest BCUT2D eigenvalue weighted by Gasteiger charge is -2.37. The molecule has 4 atom stereocenters. The van der Waals surface area contributed by atoms with Gasteiger partial charge < -0.3 is 29.8 Å². The van der Waals surface area contributed by atoms with E-state index in [4.69, 9.17) is 9.79 Å². The molecular formula is C32H43F2N4O7PS. The number of thiophene rings is 1. The Kier molecular flexibility index (Phi) is 9.92. The fourth-order valence-corrected chi connectivity index (χ4v) is 8.35. The number of fused-ring (bicyclic) bond motifs is 2. The van der Waals surface area contributed by atoms with Crippen molar-refractivity contribution in [2.75, 3.05) is 26.2 Å². The number of alkyl halides is 2. The number of carbonyl (C=O) groups is 4. The first kappa shape index (κ1) is 35.4. The average molecular weight is 697 g/mol. The summed E-state index contributed by atoms with van der Waals surface area (Å²) in [4.78, 5) is 77.9. The standard InChI is InChI=1S/C32H43F2N4O7PS/c1-5-6-9-26(39)36-17-19-12-14-38(23(19)18-36)29(41)22-8-7-13-37(22)30(42)27(31(2,3)4)35-28(40)25-16-20-15-21(10-11-24(20)47-25)32(33,34)46(43,44)45/h10-11,15-16,19,22-23,27H,5-9,12-14,17-18H2,1-4H3,(H,35,40)(H2,43,44,45)/t19-,22+,23+,27-/m1/s1. The minimum absolute atomic E-state index is 0.0705. The number of halogens is 2. The molecule has 47 heavy (non-hydrogen) atoms. The molecule has 11 nitrogen and oxygen atoms in total. The second-order valence-electron chi connectivity index (χ2n) is 14.0. The van der Waals surface area contributed by atoms with E-state index in [1.807, 2.05) is 16.7 Å². The van der Waals surface area contributed by atoms with Gasteiger partial charge in [0.25, 0.3) is 5.91 Å². The summed E-state index contributed by atoms with van der Waals surface area (Å²) in [6, 6.07) is 2.74. The Morgan fingerprint density at radius 3 is 2.45 bits per heavy atom. The van der Waals surface area contributed by atoms with Gasteiger partial charge in [-0.2, -0.15) is 8.78 Å². The first-order chi connectivity index (χ1) is 21.9. The van der Waals surface area contributed by atoms with Gasteiger partial charge in [-0.25, -0.2) is 0 Å². The van der Waals surface area contributed by atoms with Crippen molar-refractivity contribution in [1.82, 2.24) is 20.0 Å². The number of amides is 4. The molecule has 15 heteroatoms. The van der Waals surface area contributed by atoms with Gasteiger partial charge in [0.1, 0.15) is 12.1 Å². The fraction of sp³-hybridized carbons (Fsp3) is 0.625. The van der Waals surface area contributed by atoms with Gasteiger partial charge in [-0.15, -0.1) is 11.3 Å². The van der Waals surface area contributed by atoms with E-state index in [-0.39, 0.29) is 39.9 Å². The Balaban J connectivity index is 1.30. The summed E-state index contributed by atoms with van der Waals surface area (Å²) >= 11 is 1.00. The summed E-state index contributed by atoms with van der Waals surface area (Å²) in [6.07, 6.45) is 4.22. The zero-order valence-electron chi connectivity index (χ0n) is 27.1. The maximum atomic E-state index is 14.3. The van der Waals surface area contributed by atoms with Gasteiger partial charge in [-0.3, -0.25) is 23.7 Å². The highest BCUT2D eigenvalue weighted by Gasteiger charge is 2.51. The van der Waals surface area contributed by atoms with Crippen molar-refractivity contribution in [3.8, 4) is 0 Å². The molecule has 3 saturated heterocycles. The topological polar surface area (TPSA) is 148 Å². The van der Waals surface area contributed by atoms with Crippen LogP contribution in [-0.4, -0.2) is 92.4 Å². The Morgan fingerprint density at radius 2 is 1.79 bits per heavy atom. The number of nitrogens with zero attached hydrogens (tertiary/aromatic N) is 3. The average Bonchev–Trinajstić information content (AvgIpc) is 3.79. The van der Waals surface area contributed by atoms with Gasteiger partial charge >= 0.3 is 13.3 Å². The molecule has 1 aromatic heterocycles. The third kappa shape index (κ3) is 6.97. The highest BCUT2D eigenvalue weighted by Crippen LogP contribution is 2.59. The number of benzene rings is 1. The van der Waals surface area contributed by atoms with Crippen molar-refractivity contribution in [3.63, 3.8) is 0 Å². The van der Waals surface area contributed by atoms with Gasteiger partial charge in [-0.1, -0.05) is 40.2 Å². The molecule has 0 spiro atoms. The number of carbonyl (C=O) groups excluding carboxylic acids is 4. The van der Waals surface area contributed by atoms with Crippen LogP contribution in [0.5, 0.6) is 0 Å². The van der Waals surface area contributed by atoms with E-state index in [0.29, 0.717) is 50.1 Å². The zero-order valence-corrected chi connectivity index (χ0v) is 28.8. The van der Waals surface area contributed by atoms with Crippen LogP contribution in [0.3, 0.4) is 0 Å². The molecule has 4 amide bonds. The number of hydrogen-bond acceptors (Lipinski definition) is 6. The normalized spacial score (nSPS) is 22.6. The Bertz CT molecular complexity index is 1610. The van der Waals surface area contributed by atoms with Crippen LogP contribution in [0.15, 0.2) is 24.3 Å². The quantitative estimate of drug-likeness (QED) is 0.327. The SMILES string of the molecule is CCCCC(=O)N1C[C@H]2CCN(C(=O)[C@@H]3CCCN3C(=O)[C@@H](NC(=O)c3cc4cc(C(F)(F)P(=O)(O)O)ccc4s3)C(C)(C)C)[C@H]2C1. The van der Waals surface area contributed by atoms with Crippen LogP contribution in [0.4, 0.5) is 8.78 Å². The van der Waals surface area contributed by atoms with Gasteiger partial charge in [-0.05, 0) is 54.7 Å². The largest absolute Gasteiger partial charge is 0.399 e. The Hall–Kier alpha value is -2.93. The number of hydrogen-bond donors (Lipinski definition) is 3. The Morgan fingerprint density at radius 1 is 1.06 bits per heavy atom. The molecule has 3 aliphatic heterocycles. The molecule has 0 bridgehead atoms. The van der Waals surface area contributed by atoms with E-state index in [1.54, 1.807) is 25.7 Å². The van der Waals surface area contributed by atoms with E-state index in [9.17, 15) is 32.5 Å². The van der Waals surface area contributed by atoms with Crippen LogP contribution in [0, 0.1) is 11.3 Å². The van der Waals surface area contributed by atoms with Crippen molar-refractivity contribution in [1.29, 1.82) is 0 Å². The summed E-state index contributed by atoms with van der Waals surface area (Å²) in [5.41, 5.74) is -6.01. The second-order valence-corrected chi connectivity index (χ2v) is 16.7. The van der Waals surface area contributed by atoms with E-state index >= 15 is 0 Å². The molecule has 3 N–H and O–H groups in total. The molecular weight excluding hydrogens is 653 g/mol. The molecule has 0 saturated carbocycles. The summed E-state index contributed by atoms with van der Waals surface area (Å²) < 4.78 is 40.4. The van der Waals surface area contributed by atoms with E-state index in [1.165, 1.54) is 12.1 Å². The fourth-order valence-electron chi connectivity index (χ4n) is 6.93. The lowest BCUT2D eigenvalue weighted by molar-refractivity contribution is -0.146. The van der Waals surface area contributed by atoms with E-state index < -0.39 is 42.2 Å². The molecule has 258 valence electrons. The predicted molar refractivity (Wildman–Crippen MR) is 173 cm³/mol. The van der Waals surface area contributed by atoms with Gasteiger partial charge in [0.15, 0.2) is 0 Å². The van der Waals surface area contributed by atoms with Crippen LogP contribution < -0.4 is 5.32 Å². The van der Waals surface area contributed by atoms with E-state index in [2.05, 4.69) is 5.32 Å². The first-order valence-electron chi connectivity index (χ1n) is 16.1. The summed E-state index contributed by atoms with van der Waals surface area (Å²) in [5, 5.41) is 3.02. The smallest absolute Gasteiger partial charge is 0.340 e. The number of unbranched alkanes of at least 4 members (excludes halogenated alkanes) is 1. The van der Waals surface area contributed by atoms with Crippen LogP contribution in [0.1, 0.15) is 81.5 Å². The molecule has 0 aliphatic carbocycles. The molecule has 3 aliphatic rings. The lowest BCUT2D eigenvalue weighted by Crippen LogP contribution is -2.58. The highest BCUT2D eigenvalue weighted by atomic mass is 32.1. The van der Waals surface area contributed by atoms with Crippen molar-refractivity contribution >= 4 is 52.6 Å². The minimum Gasteiger partial charge on any atom is -0.340 e. The van der Waals surface area contributed by atoms with Crippen molar-refractivity contribution < 1.29 is 42.3 Å². The van der Waals surface area contributed by atoms with Crippen molar-refractivity contribution in [3.05, 3.63) is 34.7 Å². The molecule has 0 radical (unpaired) electrons. The van der Waals surface area contributed by atoms with Gasteiger partial charge in [0.05, 0.1) is 10.9 Å². The number of rotatable bonds is 9. The first-order valence-corrected chi connectivity index (χ1v) is 18.5. The summed E-state index contributed by atoms with van der Waals surface area (Å²) in [7, 11) is -5.77. The third-order valence-corrected chi connectivity index (χ3v) is 11.7. The van der Waals surface area contributed by atoms with Crippen molar-refractivity contribution in [2.24, 2.45) is 11.3 Å². The highest BCUT2D eigenvalue weighted by molar-refractivity contribution is 7.52. The van der Waals surface area contributed by atoms with Gasteiger partial charge in [0, 0.05) is 48.8 Å². The van der Waals surface area contributed by atoms with Gasteiger partial charge in [0.2, 0.25) is 17.7 Å². The second kappa shape index (κ2) is 13.2. The van der Waals surface area contributed by atoms with Crippen LogP contribution in [0.2, 0.25) is 0 Å². The number of nitrogens with one attached hydrogen (secondary N) is 1. The minimum atomic E-state index is -5.77.